The molecule has 1 aromatic carbocycles. The van der Waals surface area contributed by atoms with Crippen molar-refractivity contribution in [3.8, 4) is 5.75 Å². The second-order valence-corrected chi connectivity index (χ2v) is 6.80. The van der Waals surface area contributed by atoms with Crippen LogP contribution in [0.4, 0.5) is 11.9 Å². The molecule has 0 aliphatic carbocycles. The number of piperazine rings is 1. The van der Waals surface area contributed by atoms with Crippen LogP contribution in [-0.4, -0.2) is 57.8 Å². The van der Waals surface area contributed by atoms with Crippen molar-refractivity contribution >= 4 is 29.4 Å². The van der Waals surface area contributed by atoms with E-state index in [-0.39, 0.29) is 11.9 Å². The highest BCUT2D eigenvalue weighted by atomic mass is 35.5. The van der Waals surface area contributed by atoms with Gasteiger partial charge in [-0.3, -0.25) is 4.79 Å². The number of nitrogens with zero attached hydrogens (tertiary/aromatic N) is 4. The molecule has 0 atom stereocenters. The van der Waals surface area contributed by atoms with Crippen LogP contribution in [0.1, 0.15) is 13.8 Å². The van der Waals surface area contributed by atoms with Gasteiger partial charge in [-0.05, 0) is 38.1 Å². The topological polar surface area (TPSA) is 100 Å². The van der Waals surface area contributed by atoms with Crippen LogP contribution in [0.3, 0.4) is 0 Å². The van der Waals surface area contributed by atoms with Crippen LogP contribution >= 0.6 is 11.6 Å². The largest absolute Gasteiger partial charge is 0.478 e. The van der Waals surface area contributed by atoms with Gasteiger partial charge in [-0.15, -0.1) is 5.10 Å². The van der Waals surface area contributed by atoms with Crippen LogP contribution < -0.4 is 15.4 Å². The van der Waals surface area contributed by atoms with Crippen molar-refractivity contribution in [3.05, 3.63) is 29.3 Å². The van der Waals surface area contributed by atoms with Gasteiger partial charge in [0.2, 0.25) is 11.9 Å². The molecule has 1 fully saturated rings. The summed E-state index contributed by atoms with van der Waals surface area (Å²) in [6.45, 7) is 6.00. The van der Waals surface area contributed by atoms with E-state index in [1.165, 1.54) is 0 Å². The van der Waals surface area contributed by atoms with Crippen molar-refractivity contribution in [2.24, 2.45) is 0 Å². The van der Waals surface area contributed by atoms with Crippen molar-refractivity contribution < 1.29 is 9.53 Å². The molecule has 0 radical (unpaired) electrons. The molecule has 1 amide bonds. The number of hydrogen-bond acceptors (Lipinski definition) is 6. The summed E-state index contributed by atoms with van der Waals surface area (Å²) in [6.07, 6.45) is 0. The minimum Gasteiger partial charge on any atom is -0.478 e. The second-order valence-electron chi connectivity index (χ2n) is 6.36. The molecule has 134 valence electrons. The van der Waals surface area contributed by atoms with Gasteiger partial charge in [0.15, 0.2) is 5.60 Å². The Hall–Kier alpha value is -2.48. The molecule has 1 aliphatic rings. The first-order valence-electron chi connectivity index (χ1n) is 8.02. The van der Waals surface area contributed by atoms with Gasteiger partial charge in [0.25, 0.3) is 5.91 Å². The molecule has 0 saturated carbocycles. The van der Waals surface area contributed by atoms with Crippen LogP contribution in [0, 0.1) is 0 Å². The first-order valence-corrected chi connectivity index (χ1v) is 8.40. The molecule has 3 rings (SSSR count). The quantitative estimate of drug-likeness (QED) is 0.853. The predicted molar refractivity (Wildman–Crippen MR) is 95.7 cm³/mol. The molecule has 0 bridgehead atoms. The van der Waals surface area contributed by atoms with E-state index in [0.717, 1.165) is 0 Å². The fourth-order valence-electron chi connectivity index (χ4n) is 2.75. The molecular formula is C16H21ClN6O2. The molecule has 2 aromatic rings. The van der Waals surface area contributed by atoms with Gasteiger partial charge in [-0.1, -0.05) is 11.6 Å². The standard InChI is InChI=1S/C16H21ClN6O2/c1-16(2,25-12-5-3-11(17)4-6-12)13(24)22-7-9-23(10-8-22)15-19-14(18)20-21-15/h3-6H,7-10H2,1-2H3,(H3,18,19,20,21). The Balaban J connectivity index is 1.60. The Labute approximate surface area is 150 Å². The molecule has 1 saturated heterocycles. The Bertz CT molecular complexity index is 737. The van der Waals surface area contributed by atoms with Gasteiger partial charge in [0.1, 0.15) is 5.75 Å². The summed E-state index contributed by atoms with van der Waals surface area (Å²) >= 11 is 5.88. The third kappa shape index (κ3) is 3.96. The molecule has 3 N–H and O–H groups in total. The van der Waals surface area contributed by atoms with Gasteiger partial charge >= 0.3 is 0 Å². The molecule has 8 nitrogen and oxygen atoms in total. The number of carbonyl (C=O) groups is 1. The predicted octanol–water partition coefficient (Wildman–Crippen LogP) is 1.55. The van der Waals surface area contributed by atoms with Crippen molar-refractivity contribution in [1.82, 2.24) is 20.1 Å². The highest BCUT2D eigenvalue weighted by molar-refractivity contribution is 6.30. The summed E-state index contributed by atoms with van der Waals surface area (Å²) in [7, 11) is 0. The number of halogens is 1. The van der Waals surface area contributed by atoms with Gasteiger partial charge in [-0.2, -0.15) is 4.98 Å². The highest BCUT2D eigenvalue weighted by Gasteiger charge is 2.36. The van der Waals surface area contributed by atoms with Gasteiger partial charge in [-0.25, -0.2) is 5.10 Å². The summed E-state index contributed by atoms with van der Waals surface area (Å²) in [5, 5.41) is 7.24. The molecule has 1 aromatic heterocycles. The molecule has 2 heterocycles. The Morgan fingerprint density at radius 1 is 1.24 bits per heavy atom. The van der Waals surface area contributed by atoms with Gasteiger partial charge in [0, 0.05) is 31.2 Å². The molecular weight excluding hydrogens is 344 g/mol. The van der Waals surface area contributed by atoms with Crippen LogP contribution in [0.25, 0.3) is 0 Å². The zero-order valence-electron chi connectivity index (χ0n) is 14.2. The summed E-state index contributed by atoms with van der Waals surface area (Å²) in [4.78, 5) is 20.8. The Morgan fingerprint density at radius 3 is 2.44 bits per heavy atom. The van der Waals surface area contributed by atoms with Gasteiger partial charge in [0.05, 0.1) is 0 Å². The number of H-pyrrole nitrogens is 1. The number of carbonyl (C=O) groups excluding carboxylic acids is 1. The average molecular weight is 365 g/mol. The smallest absolute Gasteiger partial charge is 0.266 e. The molecule has 25 heavy (non-hydrogen) atoms. The zero-order valence-corrected chi connectivity index (χ0v) is 15.0. The molecule has 0 unspecified atom stereocenters. The first kappa shape index (κ1) is 17.3. The maximum Gasteiger partial charge on any atom is 0.266 e. The number of rotatable bonds is 4. The minimum atomic E-state index is -0.966. The normalized spacial score (nSPS) is 15.3. The number of aromatic nitrogens is 3. The summed E-state index contributed by atoms with van der Waals surface area (Å²) in [5.74, 6) is 1.39. The monoisotopic (exact) mass is 364 g/mol. The SMILES string of the molecule is CC(C)(Oc1ccc(Cl)cc1)C(=O)N1CCN(c2nc(N)n[nH]2)CC1. The maximum atomic E-state index is 12.8. The van der Waals surface area contributed by atoms with Crippen molar-refractivity contribution in [3.63, 3.8) is 0 Å². The second kappa shape index (κ2) is 6.79. The number of benzene rings is 1. The van der Waals surface area contributed by atoms with Crippen LogP contribution in [0.5, 0.6) is 5.75 Å². The van der Waals surface area contributed by atoms with Crippen molar-refractivity contribution in [2.45, 2.75) is 19.4 Å². The Morgan fingerprint density at radius 2 is 1.88 bits per heavy atom. The highest BCUT2D eigenvalue weighted by Crippen LogP contribution is 2.23. The molecule has 1 aliphatic heterocycles. The number of nitrogens with two attached hydrogens (primary N) is 1. The van der Waals surface area contributed by atoms with Crippen molar-refractivity contribution in [1.29, 1.82) is 0 Å². The lowest BCUT2D eigenvalue weighted by atomic mass is 10.1. The molecule has 9 heteroatoms. The minimum absolute atomic E-state index is 0.0563. The number of aromatic amines is 1. The fraction of sp³-hybridized carbons (Fsp3) is 0.438. The van der Waals surface area contributed by atoms with E-state index in [1.807, 2.05) is 4.90 Å². The lowest BCUT2D eigenvalue weighted by molar-refractivity contribution is -0.145. The van der Waals surface area contributed by atoms with Crippen molar-refractivity contribution in [2.75, 3.05) is 36.8 Å². The van der Waals surface area contributed by atoms with E-state index >= 15 is 0 Å². The zero-order chi connectivity index (χ0) is 18.0. The van der Waals surface area contributed by atoms with Crippen LogP contribution in [-0.2, 0) is 4.79 Å². The first-order chi connectivity index (χ1) is 11.8. The van der Waals surface area contributed by atoms with E-state index in [0.29, 0.717) is 42.9 Å². The number of nitrogen functional groups attached to an aromatic ring is 1. The lowest BCUT2D eigenvalue weighted by Gasteiger charge is -2.38. The number of anilines is 2. The van der Waals surface area contributed by atoms with E-state index in [9.17, 15) is 4.79 Å². The average Bonchev–Trinajstić information content (AvgIpc) is 3.03. The third-order valence-corrected chi connectivity index (χ3v) is 4.31. The third-order valence-electron chi connectivity index (χ3n) is 4.06. The summed E-state index contributed by atoms with van der Waals surface area (Å²) < 4.78 is 5.88. The lowest BCUT2D eigenvalue weighted by Crippen LogP contribution is -2.56. The number of ether oxygens (including phenoxy) is 1. The number of nitrogens with one attached hydrogen (secondary N) is 1. The van der Waals surface area contributed by atoms with E-state index in [1.54, 1.807) is 43.0 Å². The Kier molecular flexibility index (Phi) is 4.71. The van der Waals surface area contributed by atoms with Gasteiger partial charge < -0.3 is 20.3 Å². The van der Waals surface area contributed by atoms with E-state index < -0.39 is 5.60 Å². The molecule has 0 spiro atoms. The van der Waals surface area contributed by atoms with E-state index in [4.69, 9.17) is 22.1 Å². The fourth-order valence-corrected chi connectivity index (χ4v) is 2.88. The van der Waals surface area contributed by atoms with Crippen LogP contribution in [0.2, 0.25) is 5.02 Å². The number of amides is 1. The number of hydrogen-bond donors (Lipinski definition) is 2. The van der Waals surface area contributed by atoms with E-state index in [2.05, 4.69) is 15.2 Å². The summed E-state index contributed by atoms with van der Waals surface area (Å²) in [5.41, 5.74) is 4.57. The van der Waals surface area contributed by atoms with Crippen LogP contribution in [0.15, 0.2) is 24.3 Å². The summed E-state index contributed by atoms with van der Waals surface area (Å²) in [6, 6.07) is 6.98. The maximum absolute atomic E-state index is 12.8.